The van der Waals surface area contributed by atoms with Gasteiger partial charge in [-0.2, -0.15) is 0 Å². The molecule has 1 aromatic heterocycles. The van der Waals surface area contributed by atoms with Gasteiger partial charge in [0.2, 0.25) is 0 Å². The summed E-state index contributed by atoms with van der Waals surface area (Å²) in [4.78, 5) is 16.8. The zero-order chi connectivity index (χ0) is 21.3. The fraction of sp³-hybridized carbons (Fsp3) is 0.593. The van der Waals surface area contributed by atoms with E-state index in [9.17, 15) is 4.79 Å². The minimum absolute atomic E-state index is 0.0905. The van der Waals surface area contributed by atoms with Crippen molar-refractivity contribution >= 4 is 16.7 Å². The van der Waals surface area contributed by atoms with E-state index in [0.717, 1.165) is 24.8 Å². The first kappa shape index (κ1) is 18.6. The van der Waals surface area contributed by atoms with Crippen LogP contribution in [0.25, 0.3) is 10.9 Å². The molecule has 2 saturated carbocycles. The van der Waals surface area contributed by atoms with Crippen molar-refractivity contribution in [3.8, 4) is 0 Å². The summed E-state index contributed by atoms with van der Waals surface area (Å²) < 4.78 is 13.0. The zero-order valence-electron chi connectivity index (χ0n) is 18.9. The summed E-state index contributed by atoms with van der Waals surface area (Å²) in [7, 11) is 0. The standard InChI is InChI=1S/C27H31NO3/c1-14-5-7-16-17-12-15-6-8-18-19-13-21(29)24-25(2,3)31-27(19,30-24)10-9-26(18,4)22(15)23(17)28-20(16)11-14/h5,7,11,13,15,18,22,24,28H,6,8-10,12H2,1-4H3. The molecular weight excluding hydrogens is 386 g/mol. The van der Waals surface area contributed by atoms with E-state index in [2.05, 4.69) is 37.0 Å². The summed E-state index contributed by atoms with van der Waals surface area (Å²) in [5, 5.41) is 1.40. The van der Waals surface area contributed by atoms with Crippen molar-refractivity contribution in [1.29, 1.82) is 0 Å². The Hall–Kier alpha value is -1.91. The van der Waals surface area contributed by atoms with Crippen molar-refractivity contribution < 1.29 is 14.3 Å². The molecule has 0 amide bonds. The van der Waals surface area contributed by atoms with E-state index in [1.54, 1.807) is 0 Å². The number of aromatic nitrogens is 1. The largest absolute Gasteiger partial charge is 0.358 e. The number of rotatable bonds is 0. The van der Waals surface area contributed by atoms with E-state index in [1.807, 2.05) is 19.9 Å². The van der Waals surface area contributed by atoms with Gasteiger partial charge >= 0.3 is 0 Å². The van der Waals surface area contributed by atoms with Crippen molar-refractivity contribution in [3.63, 3.8) is 0 Å². The summed E-state index contributed by atoms with van der Waals surface area (Å²) in [5.74, 6) is 0.942. The van der Waals surface area contributed by atoms with Crippen LogP contribution in [0.5, 0.6) is 0 Å². The van der Waals surface area contributed by atoms with Gasteiger partial charge in [-0.05, 0) is 92.5 Å². The molecule has 2 aliphatic heterocycles. The van der Waals surface area contributed by atoms with Crippen LogP contribution in [0, 0.1) is 24.2 Å². The molecule has 2 aromatic rings. The molecule has 7 rings (SSSR count). The second-order valence-electron chi connectivity index (χ2n) is 11.6. The van der Waals surface area contributed by atoms with Crippen molar-refractivity contribution in [2.45, 2.75) is 83.2 Å². The number of hydrogen-bond acceptors (Lipinski definition) is 3. The average molecular weight is 418 g/mol. The van der Waals surface area contributed by atoms with Gasteiger partial charge < -0.3 is 14.5 Å². The quantitative estimate of drug-likeness (QED) is 0.629. The topological polar surface area (TPSA) is 51.3 Å². The normalized spacial score (nSPS) is 42.1. The third-order valence-electron chi connectivity index (χ3n) is 9.41. The number of carbonyl (C=O) groups is 1. The van der Waals surface area contributed by atoms with E-state index in [4.69, 9.17) is 9.47 Å². The van der Waals surface area contributed by atoms with E-state index >= 15 is 0 Å². The predicted molar refractivity (Wildman–Crippen MR) is 119 cm³/mol. The number of benzene rings is 1. The molecule has 3 heterocycles. The van der Waals surface area contributed by atoms with Gasteiger partial charge in [0.25, 0.3) is 0 Å². The van der Waals surface area contributed by atoms with Gasteiger partial charge in [0.15, 0.2) is 17.7 Å². The second kappa shape index (κ2) is 5.52. The lowest BCUT2D eigenvalue weighted by Crippen LogP contribution is -2.54. The van der Waals surface area contributed by atoms with Crippen LogP contribution in [0.3, 0.4) is 0 Å². The Bertz CT molecular complexity index is 1190. The highest BCUT2D eigenvalue weighted by molar-refractivity contribution is 5.97. The number of fused-ring (bicyclic) bond motifs is 9. The number of hydrogen-bond donors (Lipinski definition) is 1. The molecule has 5 aliphatic rings. The second-order valence-corrected chi connectivity index (χ2v) is 11.6. The molecular formula is C27H31NO3. The third kappa shape index (κ3) is 2.16. The average Bonchev–Trinajstić information content (AvgIpc) is 3.30. The molecule has 162 valence electrons. The highest BCUT2D eigenvalue weighted by atomic mass is 16.8. The molecule has 6 unspecified atom stereocenters. The number of H-pyrrole nitrogens is 1. The molecule has 1 spiro atoms. The minimum Gasteiger partial charge on any atom is -0.358 e. The van der Waals surface area contributed by atoms with Crippen LogP contribution in [0.4, 0.5) is 0 Å². The van der Waals surface area contributed by atoms with E-state index < -0.39 is 17.5 Å². The van der Waals surface area contributed by atoms with Crippen LogP contribution in [-0.4, -0.2) is 28.3 Å². The number of nitrogens with one attached hydrogen (secondary N) is 1. The maximum absolute atomic E-state index is 13.0. The third-order valence-corrected chi connectivity index (χ3v) is 9.41. The smallest absolute Gasteiger partial charge is 0.193 e. The first-order chi connectivity index (χ1) is 14.7. The van der Waals surface area contributed by atoms with Crippen molar-refractivity contribution in [3.05, 3.63) is 46.7 Å². The number of aromatic amines is 1. The number of carbonyl (C=O) groups excluding carboxylic acids is 1. The van der Waals surface area contributed by atoms with Crippen LogP contribution in [0.2, 0.25) is 0 Å². The first-order valence-electron chi connectivity index (χ1n) is 12.0. The van der Waals surface area contributed by atoms with E-state index in [-0.39, 0.29) is 11.2 Å². The minimum atomic E-state index is -0.682. The Morgan fingerprint density at radius 2 is 1.97 bits per heavy atom. The molecule has 3 fully saturated rings. The van der Waals surface area contributed by atoms with E-state index in [1.165, 1.54) is 40.6 Å². The van der Waals surface area contributed by atoms with Crippen LogP contribution >= 0.6 is 0 Å². The lowest BCUT2D eigenvalue weighted by atomic mass is 9.50. The summed E-state index contributed by atoms with van der Waals surface area (Å²) in [6, 6.07) is 6.82. The fourth-order valence-corrected chi connectivity index (χ4v) is 8.15. The summed E-state index contributed by atoms with van der Waals surface area (Å²) in [6.07, 6.45) is 6.88. The van der Waals surface area contributed by atoms with Crippen LogP contribution in [-0.2, 0) is 20.7 Å². The molecule has 1 saturated heterocycles. The number of ketones is 1. The van der Waals surface area contributed by atoms with Crippen LogP contribution < -0.4 is 0 Å². The Morgan fingerprint density at radius 1 is 1.13 bits per heavy atom. The first-order valence-corrected chi connectivity index (χ1v) is 12.0. The Morgan fingerprint density at radius 3 is 2.81 bits per heavy atom. The van der Waals surface area contributed by atoms with E-state index in [0.29, 0.717) is 17.8 Å². The summed E-state index contributed by atoms with van der Waals surface area (Å²) in [5.41, 5.74) is 6.27. The SMILES string of the molecule is Cc1ccc2c3c([nH]c2c1)C1C(CCC2C4=CC(=O)C5OC4(CCC21C)OC5(C)C)C3. The monoisotopic (exact) mass is 417 g/mol. The lowest BCUT2D eigenvalue weighted by molar-refractivity contribution is -0.199. The van der Waals surface area contributed by atoms with Gasteiger partial charge in [0, 0.05) is 28.9 Å². The summed E-state index contributed by atoms with van der Waals surface area (Å²) >= 11 is 0. The van der Waals surface area contributed by atoms with Gasteiger partial charge in [-0.25, -0.2) is 0 Å². The van der Waals surface area contributed by atoms with Crippen molar-refractivity contribution in [1.82, 2.24) is 4.98 Å². The highest BCUT2D eigenvalue weighted by Gasteiger charge is 2.66. The fourth-order valence-electron chi connectivity index (χ4n) is 8.15. The van der Waals surface area contributed by atoms with Crippen LogP contribution in [0.1, 0.15) is 69.2 Å². The molecule has 3 aliphatic carbocycles. The van der Waals surface area contributed by atoms with Gasteiger partial charge in [-0.15, -0.1) is 0 Å². The molecule has 4 nitrogen and oxygen atoms in total. The van der Waals surface area contributed by atoms with Crippen molar-refractivity contribution in [2.24, 2.45) is 17.3 Å². The maximum Gasteiger partial charge on any atom is 0.193 e. The van der Waals surface area contributed by atoms with Gasteiger partial charge in [0.1, 0.15) is 5.60 Å². The molecule has 0 radical (unpaired) electrons. The number of aryl methyl sites for hydroxylation is 1. The molecule has 1 aromatic carbocycles. The Labute approximate surface area is 183 Å². The van der Waals surface area contributed by atoms with Crippen LogP contribution in [0.15, 0.2) is 29.8 Å². The molecule has 6 atom stereocenters. The lowest BCUT2D eigenvalue weighted by Gasteiger charge is -2.57. The maximum atomic E-state index is 13.0. The Kier molecular flexibility index (Phi) is 3.32. The van der Waals surface area contributed by atoms with Gasteiger partial charge in [0.05, 0.1) is 0 Å². The zero-order valence-corrected chi connectivity index (χ0v) is 18.9. The molecule has 2 bridgehead atoms. The highest BCUT2D eigenvalue weighted by Crippen LogP contribution is 2.68. The molecule has 4 heteroatoms. The Balaban J connectivity index is 1.35. The molecule has 1 N–H and O–H groups in total. The predicted octanol–water partition coefficient (Wildman–Crippen LogP) is 5.34. The van der Waals surface area contributed by atoms with Gasteiger partial charge in [-0.3, -0.25) is 4.79 Å². The van der Waals surface area contributed by atoms with Gasteiger partial charge in [-0.1, -0.05) is 19.1 Å². The van der Waals surface area contributed by atoms with Crippen molar-refractivity contribution in [2.75, 3.05) is 0 Å². The molecule has 31 heavy (non-hydrogen) atoms. The number of ether oxygens (including phenoxy) is 2. The summed E-state index contributed by atoms with van der Waals surface area (Å²) in [6.45, 7) is 8.64.